The van der Waals surface area contributed by atoms with E-state index in [0.29, 0.717) is 11.1 Å². The molecule has 0 aliphatic carbocycles. The van der Waals surface area contributed by atoms with Gasteiger partial charge in [0.05, 0.1) is 12.7 Å². The normalized spacial score (nSPS) is 9.95. The summed E-state index contributed by atoms with van der Waals surface area (Å²) in [6.45, 7) is 0. The summed E-state index contributed by atoms with van der Waals surface area (Å²) >= 11 is 0. The lowest BCUT2D eigenvalue weighted by Crippen LogP contribution is -2.01. The topological polar surface area (TPSA) is 43.4 Å². The first kappa shape index (κ1) is 13.0. The molecule has 0 bridgehead atoms. The number of carbonyl (C=O) groups excluding carboxylic acids is 2. The number of aldehydes is 1. The summed E-state index contributed by atoms with van der Waals surface area (Å²) in [5.41, 5.74) is 3.44. The molecule has 96 valence electrons. The second-order valence-electron chi connectivity index (χ2n) is 4.22. The third kappa shape index (κ3) is 3.28. The third-order valence-corrected chi connectivity index (χ3v) is 2.90. The zero-order valence-electron chi connectivity index (χ0n) is 10.6. The average Bonchev–Trinajstić information content (AvgIpc) is 2.48. The number of ether oxygens (including phenoxy) is 1. The van der Waals surface area contributed by atoms with E-state index in [9.17, 15) is 9.59 Å². The van der Waals surface area contributed by atoms with Crippen LogP contribution in [-0.2, 0) is 11.2 Å². The molecule has 0 unspecified atom stereocenters. The van der Waals surface area contributed by atoms with Crippen LogP contribution in [0.1, 0.15) is 31.8 Å². The molecule has 2 aromatic rings. The molecule has 0 radical (unpaired) electrons. The van der Waals surface area contributed by atoms with Crippen molar-refractivity contribution in [2.24, 2.45) is 0 Å². The SMILES string of the molecule is COC(=O)c1ccc(Cc2ccc(C=O)cc2)cc1. The number of hydrogen-bond donors (Lipinski definition) is 0. The molecule has 3 heteroatoms. The van der Waals surface area contributed by atoms with E-state index in [-0.39, 0.29) is 5.97 Å². The molecule has 19 heavy (non-hydrogen) atoms. The second kappa shape index (κ2) is 5.96. The van der Waals surface area contributed by atoms with Crippen molar-refractivity contribution in [3.8, 4) is 0 Å². The zero-order valence-corrected chi connectivity index (χ0v) is 10.6. The van der Waals surface area contributed by atoms with Gasteiger partial charge in [0.2, 0.25) is 0 Å². The van der Waals surface area contributed by atoms with E-state index in [1.54, 1.807) is 24.3 Å². The van der Waals surface area contributed by atoms with Gasteiger partial charge in [-0.2, -0.15) is 0 Å². The quantitative estimate of drug-likeness (QED) is 0.622. The first-order chi connectivity index (χ1) is 9.22. The van der Waals surface area contributed by atoms with E-state index >= 15 is 0 Å². The highest BCUT2D eigenvalue weighted by molar-refractivity contribution is 5.89. The van der Waals surface area contributed by atoms with E-state index in [4.69, 9.17) is 0 Å². The van der Waals surface area contributed by atoms with Crippen molar-refractivity contribution in [3.05, 3.63) is 70.8 Å². The molecule has 0 heterocycles. The van der Waals surface area contributed by atoms with Gasteiger partial charge in [0.25, 0.3) is 0 Å². The van der Waals surface area contributed by atoms with Gasteiger partial charge in [-0.05, 0) is 29.7 Å². The molecule has 0 saturated heterocycles. The summed E-state index contributed by atoms with van der Waals surface area (Å²) in [6, 6.07) is 14.8. The lowest BCUT2D eigenvalue weighted by atomic mass is 10.0. The fourth-order valence-corrected chi connectivity index (χ4v) is 1.83. The van der Waals surface area contributed by atoms with Gasteiger partial charge in [-0.15, -0.1) is 0 Å². The Labute approximate surface area is 111 Å². The smallest absolute Gasteiger partial charge is 0.337 e. The van der Waals surface area contributed by atoms with E-state index < -0.39 is 0 Å². The van der Waals surface area contributed by atoms with E-state index in [0.717, 1.165) is 23.8 Å². The minimum Gasteiger partial charge on any atom is -0.465 e. The van der Waals surface area contributed by atoms with Gasteiger partial charge in [0, 0.05) is 5.56 Å². The highest BCUT2D eigenvalue weighted by Gasteiger charge is 2.04. The fraction of sp³-hybridized carbons (Fsp3) is 0.125. The van der Waals surface area contributed by atoms with Crippen LogP contribution in [0.4, 0.5) is 0 Å². The summed E-state index contributed by atoms with van der Waals surface area (Å²) in [6.07, 6.45) is 1.59. The molecule has 0 amide bonds. The molecule has 0 fully saturated rings. The van der Waals surface area contributed by atoms with Crippen LogP contribution in [0.2, 0.25) is 0 Å². The molecule has 0 aromatic heterocycles. The number of benzene rings is 2. The number of esters is 1. The molecule has 0 spiro atoms. The van der Waals surface area contributed by atoms with E-state index in [1.807, 2.05) is 24.3 Å². The predicted molar refractivity (Wildman–Crippen MR) is 72.4 cm³/mol. The maximum absolute atomic E-state index is 11.3. The Kier molecular flexibility index (Phi) is 4.08. The molecule has 0 atom stereocenters. The van der Waals surface area contributed by atoms with Gasteiger partial charge < -0.3 is 4.74 Å². The summed E-state index contributed by atoms with van der Waals surface area (Å²) < 4.78 is 4.65. The number of methoxy groups -OCH3 is 1. The molecule has 2 aromatic carbocycles. The van der Waals surface area contributed by atoms with Crippen LogP contribution in [0.15, 0.2) is 48.5 Å². The highest BCUT2D eigenvalue weighted by Crippen LogP contribution is 2.12. The zero-order chi connectivity index (χ0) is 13.7. The molecule has 0 aliphatic heterocycles. The number of hydrogen-bond acceptors (Lipinski definition) is 3. The molecular formula is C16H14O3. The van der Waals surface area contributed by atoms with Gasteiger partial charge in [0.1, 0.15) is 6.29 Å². The molecular weight excluding hydrogens is 240 g/mol. The van der Waals surface area contributed by atoms with Crippen molar-refractivity contribution in [3.63, 3.8) is 0 Å². The maximum Gasteiger partial charge on any atom is 0.337 e. The third-order valence-electron chi connectivity index (χ3n) is 2.90. The van der Waals surface area contributed by atoms with Crippen LogP contribution in [0.5, 0.6) is 0 Å². The van der Waals surface area contributed by atoms with Crippen molar-refractivity contribution in [1.29, 1.82) is 0 Å². The Bertz CT molecular complexity index is 568. The number of rotatable bonds is 4. The Balaban J connectivity index is 2.10. The summed E-state index contributed by atoms with van der Waals surface area (Å²) in [7, 11) is 1.37. The number of carbonyl (C=O) groups is 2. The Morgan fingerprint density at radius 3 is 2.00 bits per heavy atom. The lowest BCUT2D eigenvalue weighted by Gasteiger charge is -2.04. The van der Waals surface area contributed by atoms with Crippen LogP contribution < -0.4 is 0 Å². The molecule has 3 nitrogen and oxygen atoms in total. The van der Waals surface area contributed by atoms with Gasteiger partial charge in [-0.25, -0.2) is 4.79 Å². The molecule has 0 saturated carbocycles. The maximum atomic E-state index is 11.3. The van der Waals surface area contributed by atoms with E-state index in [1.165, 1.54) is 7.11 Å². The van der Waals surface area contributed by atoms with Gasteiger partial charge in [0.15, 0.2) is 0 Å². The van der Waals surface area contributed by atoms with Gasteiger partial charge >= 0.3 is 5.97 Å². The molecule has 0 N–H and O–H groups in total. The Morgan fingerprint density at radius 1 is 1.00 bits per heavy atom. The fourth-order valence-electron chi connectivity index (χ4n) is 1.83. The van der Waals surface area contributed by atoms with Gasteiger partial charge in [-0.3, -0.25) is 4.79 Å². The van der Waals surface area contributed by atoms with Gasteiger partial charge in [-0.1, -0.05) is 36.4 Å². The van der Waals surface area contributed by atoms with Crippen molar-refractivity contribution in [2.75, 3.05) is 7.11 Å². The first-order valence-electron chi connectivity index (χ1n) is 5.94. The summed E-state index contributed by atoms with van der Waals surface area (Å²) in [5.74, 6) is -0.332. The predicted octanol–water partition coefficient (Wildman–Crippen LogP) is 2.88. The first-order valence-corrected chi connectivity index (χ1v) is 5.94. The summed E-state index contributed by atoms with van der Waals surface area (Å²) in [4.78, 5) is 21.9. The lowest BCUT2D eigenvalue weighted by molar-refractivity contribution is 0.0600. The largest absolute Gasteiger partial charge is 0.465 e. The van der Waals surface area contributed by atoms with Crippen LogP contribution in [-0.4, -0.2) is 19.4 Å². The monoisotopic (exact) mass is 254 g/mol. The van der Waals surface area contributed by atoms with Crippen LogP contribution in [0.25, 0.3) is 0 Å². The standard InChI is InChI=1S/C16H14O3/c1-19-16(18)15-8-6-13(7-9-15)10-12-2-4-14(11-17)5-3-12/h2-9,11H,10H2,1H3. The second-order valence-corrected chi connectivity index (χ2v) is 4.22. The van der Waals surface area contributed by atoms with E-state index in [2.05, 4.69) is 4.74 Å². The minimum atomic E-state index is -0.332. The Morgan fingerprint density at radius 2 is 1.53 bits per heavy atom. The van der Waals surface area contributed by atoms with Crippen molar-refractivity contribution in [2.45, 2.75) is 6.42 Å². The Hall–Kier alpha value is -2.42. The van der Waals surface area contributed by atoms with Crippen LogP contribution >= 0.6 is 0 Å². The highest BCUT2D eigenvalue weighted by atomic mass is 16.5. The molecule has 0 aliphatic rings. The van der Waals surface area contributed by atoms with Crippen molar-refractivity contribution >= 4 is 12.3 Å². The van der Waals surface area contributed by atoms with Crippen LogP contribution in [0.3, 0.4) is 0 Å². The molecule has 2 rings (SSSR count). The average molecular weight is 254 g/mol. The van der Waals surface area contributed by atoms with Crippen molar-refractivity contribution in [1.82, 2.24) is 0 Å². The minimum absolute atomic E-state index is 0.332. The van der Waals surface area contributed by atoms with Crippen molar-refractivity contribution < 1.29 is 14.3 Å². The summed E-state index contributed by atoms with van der Waals surface area (Å²) in [5, 5.41) is 0. The van der Waals surface area contributed by atoms with Crippen LogP contribution in [0, 0.1) is 0 Å².